The Morgan fingerprint density at radius 2 is 2.21 bits per heavy atom. The van der Waals surface area contributed by atoms with E-state index in [1.165, 1.54) is 12.8 Å². The van der Waals surface area contributed by atoms with E-state index < -0.39 is 0 Å². The van der Waals surface area contributed by atoms with E-state index in [-0.39, 0.29) is 17.4 Å². The Bertz CT molecular complexity index is 210. The predicted molar refractivity (Wildman–Crippen MR) is 59.0 cm³/mol. The molecule has 1 aliphatic heterocycles. The van der Waals surface area contributed by atoms with Crippen molar-refractivity contribution in [2.24, 2.45) is 11.8 Å². The predicted octanol–water partition coefficient (Wildman–Crippen LogP) is 2.73. The third-order valence-corrected chi connectivity index (χ3v) is 3.31. The molecule has 0 aromatic carbocycles. The lowest BCUT2D eigenvalue weighted by Crippen LogP contribution is -2.52. The zero-order valence-electron chi connectivity index (χ0n) is 9.89. The van der Waals surface area contributed by atoms with Crippen LogP contribution < -0.4 is 5.32 Å². The van der Waals surface area contributed by atoms with Crippen LogP contribution >= 0.6 is 0 Å². The lowest BCUT2D eigenvalue weighted by atomic mass is 9.79. The number of rotatable bonds is 3. The van der Waals surface area contributed by atoms with Gasteiger partial charge >= 0.3 is 0 Å². The molecule has 2 unspecified atom stereocenters. The van der Waals surface area contributed by atoms with Gasteiger partial charge in [0, 0.05) is 11.5 Å². The fraction of sp³-hybridized carbons (Fsp3) is 0.917. The van der Waals surface area contributed by atoms with Crippen molar-refractivity contribution in [3.05, 3.63) is 0 Å². The molecular weight excluding hydrogens is 174 g/mol. The van der Waals surface area contributed by atoms with E-state index >= 15 is 0 Å². The largest absolute Gasteiger partial charge is 0.351 e. The summed E-state index contributed by atoms with van der Waals surface area (Å²) in [5.74, 6) is 1.06. The van der Waals surface area contributed by atoms with E-state index in [2.05, 4.69) is 33.0 Å². The van der Waals surface area contributed by atoms with Gasteiger partial charge in [0.25, 0.3) is 0 Å². The van der Waals surface area contributed by atoms with Gasteiger partial charge in [0.15, 0.2) is 0 Å². The van der Waals surface area contributed by atoms with Crippen LogP contribution in [-0.2, 0) is 4.79 Å². The van der Waals surface area contributed by atoms with Gasteiger partial charge in [0.2, 0.25) is 5.91 Å². The number of carbonyl (C=O) groups is 1. The lowest BCUT2D eigenvalue weighted by Gasteiger charge is -2.37. The van der Waals surface area contributed by atoms with E-state index in [1.807, 2.05) is 0 Å². The highest BCUT2D eigenvalue weighted by Crippen LogP contribution is 2.29. The van der Waals surface area contributed by atoms with E-state index in [1.54, 1.807) is 0 Å². The van der Waals surface area contributed by atoms with Crippen molar-refractivity contribution in [2.75, 3.05) is 0 Å². The standard InChI is InChI=1S/C12H23NO/c1-5-6-9(2)10-7-8-12(3,4)13-11(10)14/h9-10H,5-8H2,1-4H3,(H,13,14). The third kappa shape index (κ3) is 2.73. The molecule has 1 N–H and O–H groups in total. The van der Waals surface area contributed by atoms with Crippen molar-refractivity contribution in [1.29, 1.82) is 0 Å². The molecule has 1 saturated heterocycles. The summed E-state index contributed by atoms with van der Waals surface area (Å²) in [6.45, 7) is 8.59. The van der Waals surface area contributed by atoms with E-state index in [0.29, 0.717) is 5.92 Å². The molecule has 14 heavy (non-hydrogen) atoms. The molecule has 0 saturated carbocycles. The fourth-order valence-corrected chi connectivity index (χ4v) is 2.34. The summed E-state index contributed by atoms with van der Waals surface area (Å²) in [4.78, 5) is 11.8. The second-order valence-electron chi connectivity index (χ2n) is 5.28. The molecule has 82 valence electrons. The van der Waals surface area contributed by atoms with Gasteiger partial charge in [-0.25, -0.2) is 0 Å². The maximum Gasteiger partial charge on any atom is 0.223 e. The minimum Gasteiger partial charge on any atom is -0.351 e. The molecule has 2 heteroatoms. The van der Waals surface area contributed by atoms with Gasteiger partial charge in [0.1, 0.15) is 0 Å². The molecule has 0 spiro atoms. The van der Waals surface area contributed by atoms with Crippen molar-refractivity contribution >= 4 is 5.91 Å². The Kier molecular flexibility index (Phi) is 3.57. The molecule has 1 aliphatic rings. The van der Waals surface area contributed by atoms with E-state index in [0.717, 1.165) is 12.8 Å². The van der Waals surface area contributed by atoms with E-state index in [4.69, 9.17) is 0 Å². The van der Waals surface area contributed by atoms with Crippen LogP contribution in [0.5, 0.6) is 0 Å². The summed E-state index contributed by atoms with van der Waals surface area (Å²) >= 11 is 0. The van der Waals surface area contributed by atoms with Gasteiger partial charge in [0.05, 0.1) is 0 Å². The quantitative estimate of drug-likeness (QED) is 0.740. The Balaban J connectivity index is 2.54. The molecule has 1 rings (SSSR count). The average molecular weight is 197 g/mol. The number of hydrogen-bond acceptors (Lipinski definition) is 1. The summed E-state index contributed by atoms with van der Waals surface area (Å²) in [5.41, 5.74) is 0.0134. The molecular formula is C12H23NO. The number of amides is 1. The molecule has 1 heterocycles. The van der Waals surface area contributed by atoms with Crippen LogP contribution in [0.2, 0.25) is 0 Å². The first-order valence-electron chi connectivity index (χ1n) is 5.78. The Morgan fingerprint density at radius 1 is 1.57 bits per heavy atom. The molecule has 0 aromatic heterocycles. The van der Waals surface area contributed by atoms with Crippen LogP contribution in [-0.4, -0.2) is 11.4 Å². The molecule has 1 fully saturated rings. The van der Waals surface area contributed by atoms with Crippen molar-refractivity contribution < 1.29 is 4.79 Å². The maximum atomic E-state index is 11.8. The minimum absolute atomic E-state index is 0.0134. The minimum atomic E-state index is 0.0134. The second-order valence-corrected chi connectivity index (χ2v) is 5.28. The van der Waals surface area contributed by atoms with Gasteiger partial charge < -0.3 is 5.32 Å². The van der Waals surface area contributed by atoms with Crippen LogP contribution in [0.1, 0.15) is 53.4 Å². The average Bonchev–Trinajstić information content (AvgIpc) is 2.02. The first-order chi connectivity index (χ1) is 6.46. The molecule has 0 aromatic rings. The van der Waals surface area contributed by atoms with Gasteiger partial charge in [-0.05, 0) is 32.6 Å². The summed E-state index contributed by atoms with van der Waals surface area (Å²) in [7, 11) is 0. The molecule has 2 atom stereocenters. The molecule has 0 bridgehead atoms. The molecule has 2 nitrogen and oxygen atoms in total. The maximum absolute atomic E-state index is 11.8. The smallest absolute Gasteiger partial charge is 0.223 e. The number of hydrogen-bond donors (Lipinski definition) is 1. The molecule has 0 aliphatic carbocycles. The van der Waals surface area contributed by atoms with Crippen LogP contribution in [0, 0.1) is 11.8 Å². The van der Waals surface area contributed by atoms with Gasteiger partial charge in [-0.2, -0.15) is 0 Å². The SMILES string of the molecule is CCCC(C)C1CCC(C)(C)NC1=O. The first-order valence-corrected chi connectivity index (χ1v) is 5.78. The van der Waals surface area contributed by atoms with Crippen molar-refractivity contribution in [3.63, 3.8) is 0 Å². The highest BCUT2D eigenvalue weighted by molar-refractivity contribution is 5.80. The van der Waals surface area contributed by atoms with Gasteiger partial charge in [-0.3, -0.25) is 4.79 Å². The Labute approximate surface area is 87.5 Å². The zero-order chi connectivity index (χ0) is 10.8. The summed E-state index contributed by atoms with van der Waals surface area (Å²) in [6, 6.07) is 0. The van der Waals surface area contributed by atoms with Gasteiger partial charge in [-0.15, -0.1) is 0 Å². The molecule has 0 radical (unpaired) electrons. The van der Waals surface area contributed by atoms with Crippen LogP contribution in [0.25, 0.3) is 0 Å². The monoisotopic (exact) mass is 197 g/mol. The Morgan fingerprint density at radius 3 is 2.71 bits per heavy atom. The van der Waals surface area contributed by atoms with Crippen molar-refractivity contribution in [3.8, 4) is 0 Å². The normalized spacial score (nSPS) is 28.3. The highest BCUT2D eigenvalue weighted by atomic mass is 16.2. The lowest BCUT2D eigenvalue weighted by molar-refractivity contribution is -0.131. The number of carbonyl (C=O) groups excluding carboxylic acids is 1. The van der Waals surface area contributed by atoms with Crippen molar-refractivity contribution in [1.82, 2.24) is 5.32 Å². The fourth-order valence-electron chi connectivity index (χ4n) is 2.34. The van der Waals surface area contributed by atoms with Gasteiger partial charge in [-0.1, -0.05) is 26.7 Å². The molecule has 1 amide bonds. The number of nitrogens with one attached hydrogen (secondary N) is 1. The third-order valence-electron chi connectivity index (χ3n) is 3.31. The Hall–Kier alpha value is -0.530. The topological polar surface area (TPSA) is 29.1 Å². The van der Waals surface area contributed by atoms with Crippen LogP contribution in [0.3, 0.4) is 0 Å². The first kappa shape index (κ1) is 11.5. The zero-order valence-corrected chi connectivity index (χ0v) is 9.89. The summed E-state index contributed by atoms with van der Waals surface area (Å²) < 4.78 is 0. The van der Waals surface area contributed by atoms with E-state index in [9.17, 15) is 4.79 Å². The summed E-state index contributed by atoms with van der Waals surface area (Å²) in [5, 5.41) is 3.11. The van der Waals surface area contributed by atoms with Crippen LogP contribution in [0.15, 0.2) is 0 Å². The van der Waals surface area contributed by atoms with Crippen molar-refractivity contribution in [2.45, 2.75) is 58.9 Å². The summed E-state index contributed by atoms with van der Waals surface area (Å²) in [6.07, 6.45) is 4.50. The highest BCUT2D eigenvalue weighted by Gasteiger charge is 2.34. The second kappa shape index (κ2) is 4.33. The number of piperidine rings is 1. The van der Waals surface area contributed by atoms with Crippen LogP contribution in [0.4, 0.5) is 0 Å².